The van der Waals surface area contributed by atoms with Crippen molar-refractivity contribution in [3.63, 3.8) is 0 Å². The van der Waals surface area contributed by atoms with Crippen molar-refractivity contribution in [2.45, 2.75) is 33.2 Å². The minimum absolute atomic E-state index is 0.129. The first-order chi connectivity index (χ1) is 14.5. The van der Waals surface area contributed by atoms with Gasteiger partial charge in [0, 0.05) is 49.3 Å². The van der Waals surface area contributed by atoms with Gasteiger partial charge in [-0.1, -0.05) is 44.2 Å². The molecule has 0 unspecified atom stereocenters. The topological polar surface area (TPSA) is 28.5 Å². The van der Waals surface area contributed by atoms with E-state index in [1.807, 2.05) is 17.0 Å². The quantitative estimate of drug-likeness (QED) is 0.548. The maximum atomic E-state index is 13.6. The number of allylic oxidation sites excluding steroid dienone is 1. The molecule has 1 aliphatic heterocycles. The molecule has 2 heterocycles. The second-order valence-corrected chi connectivity index (χ2v) is 8.42. The lowest BCUT2D eigenvalue weighted by Crippen LogP contribution is -2.49. The van der Waals surface area contributed by atoms with Gasteiger partial charge in [-0.3, -0.25) is 4.79 Å². The first kappa shape index (κ1) is 20.3. The number of carbonyl (C=O) groups excluding carboxylic acids is 1. The number of hydrogen-bond acceptors (Lipinski definition) is 2. The first-order valence-electron chi connectivity index (χ1n) is 10.8. The van der Waals surface area contributed by atoms with Crippen molar-refractivity contribution < 1.29 is 4.79 Å². The fraction of sp³-hybridized carbons (Fsp3) is 0.346. The van der Waals surface area contributed by atoms with E-state index in [9.17, 15) is 4.79 Å². The van der Waals surface area contributed by atoms with Gasteiger partial charge >= 0.3 is 0 Å². The Hall–Kier alpha value is -3.01. The van der Waals surface area contributed by atoms with Gasteiger partial charge in [0.1, 0.15) is 5.69 Å². The van der Waals surface area contributed by atoms with E-state index in [0.717, 1.165) is 43.0 Å². The Morgan fingerprint density at radius 3 is 2.40 bits per heavy atom. The second kappa shape index (κ2) is 8.39. The summed E-state index contributed by atoms with van der Waals surface area (Å²) in [4.78, 5) is 18.0. The average Bonchev–Trinajstić information content (AvgIpc) is 3.05. The van der Waals surface area contributed by atoms with Gasteiger partial charge in [0.2, 0.25) is 0 Å². The number of amides is 1. The van der Waals surface area contributed by atoms with Crippen molar-refractivity contribution in [3.8, 4) is 0 Å². The van der Waals surface area contributed by atoms with Gasteiger partial charge in [-0.2, -0.15) is 0 Å². The zero-order chi connectivity index (χ0) is 21.3. The van der Waals surface area contributed by atoms with E-state index in [-0.39, 0.29) is 5.91 Å². The summed E-state index contributed by atoms with van der Waals surface area (Å²) >= 11 is 0. The van der Waals surface area contributed by atoms with Crippen LogP contribution in [0.15, 0.2) is 61.2 Å². The van der Waals surface area contributed by atoms with Crippen molar-refractivity contribution in [2.24, 2.45) is 0 Å². The Kier molecular flexibility index (Phi) is 5.67. The van der Waals surface area contributed by atoms with E-state index in [4.69, 9.17) is 0 Å². The van der Waals surface area contributed by atoms with E-state index < -0.39 is 0 Å². The molecule has 0 bridgehead atoms. The Labute approximate surface area is 179 Å². The molecule has 1 amide bonds. The Bertz CT molecular complexity index is 1060. The van der Waals surface area contributed by atoms with Crippen molar-refractivity contribution in [1.29, 1.82) is 0 Å². The maximum Gasteiger partial charge on any atom is 0.270 e. The molecule has 0 spiro atoms. The fourth-order valence-electron chi connectivity index (χ4n) is 4.45. The molecular formula is C26H31N3O. The first-order valence-corrected chi connectivity index (χ1v) is 10.8. The van der Waals surface area contributed by atoms with Crippen LogP contribution in [0.1, 0.15) is 41.4 Å². The zero-order valence-electron chi connectivity index (χ0n) is 18.3. The van der Waals surface area contributed by atoms with Crippen molar-refractivity contribution in [3.05, 3.63) is 78.0 Å². The predicted octanol–water partition coefficient (Wildman–Crippen LogP) is 5.22. The van der Waals surface area contributed by atoms with Crippen LogP contribution >= 0.6 is 0 Å². The number of hydrogen-bond donors (Lipinski definition) is 0. The van der Waals surface area contributed by atoms with Crippen molar-refractivity contribution in [1.82, 2.24) is 9.47 Å². The summed E-state index contributed by atoms with van der Waals surface area (Å²) in [5.74, 6) is 0.589. The monoisotopic (exact) mass is 401 g/mol. The molecule has 1 aromatic heterocycles. The number of anilines is 1. The van der Waals surface area contributed by atoms with E-state index in [0.29, 0.717) is 12.5 Å². The molecule has 156 valence electrons. The number of piperazine rings is 1. The summed E-state index contributed by atoms with van der Waals surface area (Å²) in [6.45, 7) is 14.2. The highest BCUT2D eigenvalue weighted by molar-refractivity contribution is 6.02. The summed E-state index contributed by atoms with van der Waals surface area (Å²) in [5.41, 5.74) is 5.52. The number of nitrogens with zero attached hydrogens (tertiary/aromatic N) is 3. The van der Waals surface area contributed by atoms with Crippen LogP contribution in [0.4, 0.5) is 5.69 Å². The van der Waals surface area contributed by atoms with Crippen LogP contribution in [0.25, 0.3) is 10.9 Å². The summed E-state index contributed by atoms with van der Waals surface area (Å²) in [6, 6.07) is 17.0. The average molecular weight is 402 g/mol. The number of aryl methyl sites for hydroxylation is 1. The predicted molar refractivity (Wildman–Crippen MR) is 126 cm³/mol. The third-order valence-electron chi connectivity index (χ3n) is 6.21. The molecule has 0 radical (unpaired) electrons. The van der Waals surface area contributed by atoms with Crippen LogP contribution in [-0.2, 0) is 6.54 Å². The number of fused-ring (bicyclic) bond motifs is 1. The molecule has 1 aliphatic rings. The zero-order valence-corrected chi connectivity index (χ0v) is 18.3. The van der Waals surface area contributed by atoms with E-state index in [1.54, 1.807) is 0 Å². The highest BCUT2D eigenvalue weighted by atomic mass is 16.2. The highest BCUT2D eigenvalue weighted by Crippen LogP contribution is 2.30. The summed E-state index contributed by atoms with van der Waals surface area (Å²) in [6.07, 6.45) is 1.87. The number of para-hydroxylation sites is 1. The normalized spacial score (nSPS) is 14.5. The number of benzene rings is 2. The van der Waals surface area contributed by atoms with Gasteiger partial charge in [-0.25, -0.2) is 0 Å². The lowest BCUT2D eigenvalue weighted by Gasteiger charge is -2.36. The van der Waals surface area contributed by atoms with Crippen molar-refractivity contribution in [2.75, 3.05) is 31.1 Å². The van der Waals surface area contributed by atoms with Gasteiger partial charge in [0.25, 0.3) is 5.91 Å². The Morgan fingerprint density at radius 1 is 1.07 bits per heavy atom. The molecule has 0 saturated carbocycles. The minimum atomic E-state index is 0.129. The smallest absolute Gasteiger partial charge is 0.270 e. The molecule has 4 rings (SSSR count). The highest BCUT2D eigenvalue weighted by Gasteiger charge is 2.27. The minimum Gasteiger partial charge on any atom is -0.368 e. The standard InChI is InChI=1S/C26H31N3O/c1-5-13-29-24-12-11-21(19(2)3)18-23(24)20(4)25(29)26(30)28-16-14-27(15-17-28)22-9-7-6-8-10-22/h5-12,18-19H,1,13-17H2,2-4H3. The SMILES string of the molecule is C=CCn1c(C(=O)N2CCN(c3ccccc3)CC2)c(C)c2cc(C(C)C)ccc21. The number of aromatic nitrogens is 1. The molecule has 4 heteroatoms. The van der Waals surface area contributed by atoms with Crippen molar-refractivity contribution >= 4 is 22.5 Å². The van der Waals surface area contributed by atoms with Gasteiger partial charge in [-0.05, 0) is 48.2 Å². The molecule has 3 aromatic rings. The van der Waals surface area contributed by atoms with Gasteiger partial charge < -0.3 is 14.4 Å². The number of carbonyl (C=O) groups is 1. The molecule has 2 aromatic carbocycles. The Balaban J connectivity index is 1.63. The van der Waals surface area contributed by atoms with Gasteiger partial charge in [0.05, 0.1) is 0 Å². The van der Waals surface area contributed by atoms with Crippen LogP contribution < -0.4 is 4.90 Å². The summed E-state index contributed by atoms with van der Waals surface area (Å²) < 4.78 is 2.13. The van der Waals surface area contributed by atoms with E-state index in [2.05, 4.69) is 79.3 Å². The fourth-order valence-corrected chi connectivity index (χ4v) is 4.45. The molecule has 1 saturated heterocycles. The lowest BCUT2D eigenvalue weighted by molar-refractivity contribution is 0.0736. The number of rotatable bonds is 5. The molecule has 30 heavy (non-hydrogen) atoms. The van der Waals surface area contributed by atoms with Crippen LogP contribution in [0, 0.1) is 6.92 Å². The summed E-state index contributed by atoms with van der Waals surface area (Å²) in [7, 11) is 0. The molecular weight excluding hydrogens is 370 g/mol. The summed E-state index contributed by atoms with van der Waals surface area (Å²) in [5, 5.41) is 1.18. The maximum absolute atomic E-state index is 13.6. The third kappa shape index (κ3) is 3.62. The van der Waals surface area contributed by atoms with E-state index in [1.165, 1.54) is 16.6 Å². The Morgan fingerprint density at radius 2 is 1.77 bits per heavy atom. The van der Waals surface area contributed by atoms with E-state index >= 15 is 0 Å². The second-order valence-electron chi connectivity index (χ2n) is 8.42. The largest absolute Gasteiger partial charge is 0.368 e. The molecule has 0 atom stereocenters. The van der Waals surface area contributed by atoms with Crippen LogP contribution in [0.3, 0.4) is 0 Å². The molecule has 4 nitrogen and oxygen atoms in total. The van der Waals surface area contributed by atoms with Crippen LogP contribution in [0.2, 0.25) is 0 Å². The third-order valence-corrected chi connectivity index (χ3v) is 6.21. The van der Waals surface area contributed by atoms with Gasteiger partial charge in [0.15, 0.2) is 0 Å². The molecule has 0 N–H and O–H groups in total. The molecule has 1 fully saturated rings. The molecule has 0 aliphatic carbocycles. The van der Waals surface area contributed by atoms with Crippen LogP contribution in [0.5, 0.6) is 0 Å². The lowest BCUT2D eigenvalue weighted by atomic mass is 10.0. The van der Waals surface area contributed by atoms with Crippen LogP contribution in [-0.4, -0.2) is 41.6 Å². The van der Waals surface area contributed by atoms with Gasteiger partial charge in [-0.15, -0.1) is 6.58 Å².